The highest BCUT2D eigenvalue weighted by Gasteiger charge is 2.41. The third-order valence-corrected chi connectivity index (χ3v) is 9.16. The molecule has 14 nitrogen and oxygen atoms in total. The van der Waals surface area contributed by atoms with Crippen molar-refractivity contribution in [3.05, 3.63) is 64.7 Å². The van der Waals surface area contributed by atoms with Crippen molar-refractivity contribution in [2.24, 2.45) is 5.92 Å². The number of benzene rings is 2. The molecule has 2 aromatic carbocycles. The number of nitriles is 1. The molecule has 0 radical (unpaired) electrons. The lowest BCUT2D eigenvalue weighted by Crippen LogP contribution is -2.59. The molecule has 284 valence electrons. The third kappa shape index (κ3) is 10.8. The Hall–Kier alpha value is -5.45. The number of esters is 1. The van der Waals surface area contributed by atoms with E-state index < -0.39 is 83.7 Å². The second kappa shape index (κ2) is 17.4. The van der Waals surface area contributed by atoms with Gasteiger partial charge in [0.05, 0.1) is 12.5 Å². The second-order valence-corrected chi connectivity index (χ2v) is 15.0. The molecule has 2 aliphatic heterocycles. The molecule has 14 heteroatoms. The number of rotatable bonds is 14. The van der Waals surface area contributed by atoms with Crippen LogP contribution in [0.3, 0.4) is 0 Å². The molecular formula is C39H50N6O8. The lowest BCUT2D eigenvalue weighted by atomic mass is 9.89. The summed E-state index contributed by atoms with van der Waals surface area (Å²) in [4.78, 5) is 81.0. The lowest BCUT2D eigenvalue weighted by Gasteiger charge is -2.39. The number of para-hydroxylation sites is 1. The molecule has 2 aliphatic rings. The van der Waals surface area contributed by atoms with Gasteiger partial charge in [-0.3, -0.25) is 28.8 Å². The van der Waals surface area contributed by atoms with E-state index in [4.69, 9.17) is 4.74 Å². The van der Waals surface area contributed by atoms with Crippen LogP contribution >= 0.6 is 0 Å². The highest BCUT2D eigenvalue weighted by Crippen LogP contribution is 2.32. The number of aliphatic carboxylic acids is 1. The molecule has 0 fully saturated rings. The summed E-state index contributed by atoms with van der Waals surface area (Å²) in [5.74, 6) is -4.51. The fraction of sp³-hybridized carbons (Fsp3) is 0.513. The number of nitrogens with zero attached hydrogens (tertiary/aromatic N) is 2. The Labute approximate surface area is 310 Å². The molecule has 0 aromatic heterocycles. The molecule has 0 saturated heterocycles. The first-order valence-corrected chi connectivity index (χ1v) is 18.0. The van der Waals surface area contributed by atoms with Crippen LogP contribution in [0.1, 0.15) is 88.6 Å². The summed E-state index contributed by atoms with van der Waals surface area (Å²) < 4.78 is 5.34. The van der Waals surface area contributed by atoms with E-state index in [9.17, 15) is 39.1 Å². The quantitative estimate of drug-likeness (QED) is 0.180. The number of ether oxygens (including phenoxy) is 1. The van der Waals surface area contributed by atoms with Gasteiger partial charge in [0.1, 0.15) is 35.8 Å². The maximum absolute atomic E-state index is 14.5. The zero-order valence-corrected chi connectivity index (χ0v) is 31.2. The van der Waals surface area contributed by atoms with Crippen molar-refractivity contribution in [3.8, 4) is 6.07 Å². The summed E-state index contributed by atoms with van der Waals surface area (Å²) in [5.41, 5.74) is 3.34. The van der Waals surface area contributed by atoms with Crippen LogP contribution in [-0.4, -0.2) is 81.9 Å². The van der Waals surface area contributed by atoms with Gasteiger partial charge in [0.2, 0.25) is 23.6 Å². The summed E-state index contributed by atoms with van der Waals surface area (Å²) in [7, 11) is 0. The first-order chi connectivity index (χ1) is 25.0. The molecule has 2 aromatic rings. The van der Waals surface area contributed by atoms with Crippen LogP contribution in [0.4, 0.5) is 5.69 Å². The Balaban J connectivity index is 1.56. The monoisotopic (exact) mass is 730 g/mol. The number of hydrogen-bond donors (Lipinski definition) is 5. The van der Waals surface area contributed by atoms with E-state index in [2.05, 4.69) is 21.3 Å². The molecule has 0 saturated carbocycles. The van der Waals surface area contributed by atoms with Crippen LogP contribution in [0.25, 0.3) is 0 Å². The van der Waals surface area contributed by atoms with Crippen LogP contribution in [0.5, 0.6) is 0 Å². The van der Waals surface area contributed by atoms with Crippen molar-refractivity contribution in [2.45, 2.75) is 116 Å². The van der Waals surface area contributed by atoms with Gasteiger partial charge in [-0.25, -0.2) is 0 Å². The Morgan fingerprint density at radius 3 is 2.38 bits per heavy atom. The standard InChI is InChI=1S/C39H50N6O8/c1-22(2)33(44-35(49)29(12-9-13-31(46)47)43-36(50)30-19-25-10-7-8-11-28(25)42-30)38(52)45-17-16-24-18-23(3)14-15-27(24)34(45)37(51)41-26(21-40)20-32(48)53-39(4,5)6/h7-8,10-11,14-15,18,22,26,29-30,33-34,42H,9,12-13,16-17,19-20H2,1-6H3,(H,41,51)(H,43,50)(H,44,49)(H,46,47)/t26-,29-,30?,33-,34-/m0/s1. The van der Waals surface area contributed by atoms with Crippen molar-refractivity contribution in [1.29, 1.82) is 5.26 Å². The predicted octanol–water partition coefficient (Wildman–Crippen LogP) is 3.08. The van der Waals surface area contributed by atoms with Crippen molar-refractivity contribution >= 4 is 41.3 Å². The third-order valence-electron chi connectivity index (χ3n) is 9.16. The molecule has 2 heterocycles. The van der Waals surface area contributed by atoms with Gasteiger partial charge in [-0.1, -0.05) is 55.8 Å². The van der Waals surface area contributed by atoms with Crippen LogP contribution in [0.2, 0.25) is 0 Å². The van der Waals surface area contributed by atoms with Gasteiger partial charge in [-0.15, -0.1) is 0 Å². The summed E-state index contributed by atoms with van der Waals surface area (Å²) in [6, 6.07) is 9.59. The van der Waals surface area contributed by atoms with Gasteiger partial charge in [-0.05, 0) is 75.6 Å². The van der Waals surface area contributed by atoms with Gasteiger partial charge in [-0.2, -0.15) is 5.26 Å². The normalized spacial score (nSPS) is 17.9. The van der Waals surface area contributed by atoms with Crippen molar-refractivity contribution in [3.63, 3.8) is 0 Å². The molecule has 0 bridgehead atoms. The Kier molecular flexibility index (Phi) is 13.2. The SMILES string of the molecule is Cc1ccc2c(c1)CCN(C(=O)[C@@H](NC(=O)[C@H](CCCC(=O)O)NC(=O)C1Cc3ccccc3N1)C(C)C)[C@@H]2C(=O)N[C@H](C#N)CC(=O)OC(C)(C)C. The van der Waals surface area contributed by atoms with E-state index in [-0.39, 0.29) is 25.8 Å². The molecule has 53 heavy (non-hydrogen) atoms. The van der Waals surface area contributed by atoms with E-state index in [1.165, 1.54) is 4.90 Å². The number of carbonyl (C=O) groups excluding carboxylic acids is 5. The van der Waals surface area contributed by atoms with Crippen LogP contribution in [-0.2, 0) is 46.3 Å². The lowest BCUT2D eigenvalue weighted by molar-refractivity contribution is -0.155. The topological polar surface area (TPSA) is 207 Å². The fourth-order valence-electron chi connectivity index (χ4n) is 6.61. The van der Waals surface area contributed by atoms with Gasteiger partial charge in [0, 0.05) is 25.1 Å². The number of fused-ring (bicyclic) bond motifs is 2. The first kappa shape index (κ1) is 40.3. The van der Waals surface area contributed by atoms with E-state index >= 15 is 0 Å². The number of nitrogens with one attached hydrogen (secondary N) is 4. The summed E-state index contributed by atoms with van der Waals surface area (Å²) in [6.07, 6.45) is 0.318. The second-order valence-electron chi connectivity index (χ2n) is 15.0. The zero-order chi connectivity index (χ0) is 39.0. The van der Waals surface area contributed by atoms with Crippen molar-refractivity contribution in [1.82, 2.24) is 20.9 Å². The molecule has 4 rings (SSSR count). The number of hydrogen-bond acceptors (Lipinski definition) is 9. The van der Waals surface area contributed by atoms with E-state index in [0.717, 1.165) is 22.4 Å². The average Bonchev–Trinajstić information content (AvgIpc) is 3.52. The summed E-state index contributed by atoms with van der Waals surface area (Å²) >= 11 is 0. The van der Waals surface area contributed by atoms with Gasteiger partial charge >= 0.3 is 11.9 Å². The first-order valence-electron chi connectivity index (χ1n) is 18.0. The fourth-order valence-corrected chi connectivity index (χ4v) is 6.61. The number of amides is 4. The maximum Gasteiger partial charge on any atom is 0.309 e. The van der Waals surface area contributed by atoms with Crippen molar-refractivity contribution in [2.75, 3.05) is 11.9 Å². The van der Waals surface area contributed by atoms with Gasteiger partial charge in [0.25, 0.3) is 0 Å². The minimum absolute atomic E-state index is 0.0111. The Morgan fingerprint density at radius 2 is 1.74 bits per heavy atom. The predicted molar refractivity (Wildman–Crippen MR) is 195 cm³/mol. The molecule has 4 amide bonds. The molecule has 0 aliphatic carbocycles. The molecule has 5 atom stereocenters. The molecule has 5 N–H and O–H groups in total. The molecule has 0 spiro atoms. The number of carboxylic acids is 1. The number of carboxylic acid groups (broad SMARTS) is 1. The van der Waals surface area contributed by atoms with Gasteiger partial charge < -0.3 is 36.0 Å². The Bertz CT molecular complexity index is 1740. The minimum atomic E-state index is -1.23. The van der Waals surface area contributed by atoms with Crippen LogP contribution < -0.4 is 21.3 Å². The molecular weight excluding hydrogens is 680 g/mol. The largest absolute Gasteiger partial charge is 0.481 e. The maximum atomic E-state index is 14.5. The highest BCUT2D eigenvalue weighted by molar-refractivity contribution is 5.96. The highest BCUT2D eigenvalue weighted by atomic mass is 16.6. The van der Waals surface area contributed by atoms with E-state index in [1.54, 1.807) is 40.7 Å². The summed E-state index contributed by atoms with van der Waals surface area (Å²) in [6.45, 7) is 10.6. The molecule has 1 unspecified atom stereocenters. The van der Waals surface area contributed by atoms with Crippen LogP contribution in [0.15, 0.2) is 42.5 Å². The van der Waals surface area contributed by atoms with E-state index in [0.29, 0.717) is 18.4 Å². The average molecular weight is 731 g/mol. The number of aryl methyl sites for hydroxylation is 1. The zero-order valence-electron chi connectivity index (χ0n) is 31.2. The number of carbonyl (C=O) groups is 6. The summed E-state index contributed by atoms with van der Waals surface area (Å²) in [5, 5.41) is 30.4. The van der Waals surface area contributed by atoms with E-state index in [1.807, 2.05) is 49.4 Å². The van der Waals surface area contributed by atoms with Crippen molar-refractivity contribution < 1.29 is 38.6 Å². The minimum Gasteiger partial charge on any atom is -0.481 e. The van der Waals surface area contributed by atoms with Gasteiger partial charge in [0.15, 0.2) is 0 Å². The Morgan fingerprint density at radius 1 is 1.02 bits per heavy atom. The number of anilines is 1. The smallest absolute Gasteiger partial charge is 0.309 e. The van der Waals surface area contributed by atoms with Crippen LogP contribution in [0, 0.1) is 24.2 Å².